The average molecular weight is 402 g/mol. The number of carbonyl (C=O) groups is 2. The summed E-state index contributed by atoms with van der Waals surface area (Å²) in [5, 5.41) is 9.86. The number of halogens is 1. The number of alkyl carbamates (subject to hydrolysis) is 1. The van der Waals surface area contributed by atoms with E-state index in [1.165, 1.54) is 23.1 Å². The maximum Gasteiger partial charge on any atom is 0.407 e. The minimum absolute atomic E-state index is 0.250. The third-order valence-electron chi connectivity index (χ3n) is 4.82. The van der Waals surface area contributed by atoms with E-state index >= 15 is 0 Å². The second-order valence-corrected chi connectivity index (χ2v) is 8.63. The summed E-state index contributed by atoms with van der Waals surface area (Å²) >= 11 is 0. The van der Waals surface area contributed by atoms with Gasteiger partial charge in [-0.15, -0.1) is 0 Å². The van der Waals surface area contributed by atoms with Crippen molar-refractivity contribution >= 4 is 12.0 Å². The Morgan fingerprint density at radius 1 is 1.24 bits per heavy atom. The fourth-order valence-electron chi connectivity index (χ4n) is 3.12. The molecule has 8 heteroatoms. The standard InChI is InChI=1S/C21H27FN4O3/c1-20(2,3)29-19(28)23-13-21(4,15-9-10-15)25-18(27)14-11-24-26(12-14)17-8-6-5-7-16(17)22/h5-8,11-12,15H,9-10,13H2,1-4H3,(H,23,28)(H,25,27). The largest absolute Gasteiger partial charge is 0.444 e. The van der Waals surface area contributed by atoms with E-state index in [0.717, 1.165) is 12.8 Å². The number of rotatable bonds is 6. The highest BCUT2D eigenvalue weighted by molar-refractivity contribution is 5.94. The van der Waals surface area contributed by atoms with Gasteiger partial charge in [-0.2, -0.15) is 5.10 Å². The van der Waals surface area contributed by atoms with E-state index in [1.807, 2.05) is 6.92 Å². The van der Waals surface area contributed by atoms with Crippen LogP contribution in [0.5, 0.6) is 0 Å². The molecule has 1 fully saturated rings. The Labute approximate surface area is 169 Å². The van der Waals surface area contributed by atoms with Crippen LogP contribution in [0.4, 0.5) is 9.18 Å². The predicted molar refractivity (Wildman–Crippen MR) is 106 cm³/mol. The maximum atomic E-state index is 14.0. The fourth-order valence-corrected chi connectivity index (χ4v) is 3.12. The SMILES string of the molecule is CC(C)(C)OC(=O)NCC(C)(NC(=O)c1cnn(-c2ccccc2F)c1)C1CC1. The van der Waals surface area contributed by atoms with Gasteiger partial charge in [-0.05, 0) is 58.6 Å². The van der Waals surface area contributed by atoms with Gasteiger partial charge in [0.2, 0.25) is 0 Å². The molecule has 0 aliphatic heterocycles. The number of ether oxygens (including phenoxy) is 1. The molecule has 1 aromatic carbocycles. The Morgan fingerprint density at radius 2 is 1.93 bits per heavy atom. The smallest absolute Gasteiger partial charge is 0.407 e. The summed E-state index contributed by atoms with van der Waals surface area (Å²) in [4.78, 5) is 24.8. The number of benzene rings is 1. The second kappa shape index (κ2) is 7.85. The van der Waals surface area contributed by atoms with Gasteiger partial charge in [0.15, 0.2) is 0 Å². The summed E-state index contributed by atoms with van der Waals surface area (Å²) in [5.41, 5.74) is -0.626. The van der Waals surface area contributed by atoms with Gasteiger partial charge in [-0.3, -0.25) is 4.79 Å². The molecule has 2 amide bonds. The van der Waals surface area contributed by atoms with Gasteiger partial charge in [0.05, 0.1) is 17.3 Å². The Balaban J connectivity index is 1.67. The molecule has 0 saturated heterocycles. The summed E-state index contributed by atoms with van der Waals surface area (Å²) < 4.78 is 20.6. The molecule has 0 spiro atoms. The topological polar surface area (TPSA) is 85.2 Å². The summed E-state index contributed by atoms with van der Waals surface area (Å²) in [6.07, 6.45) is 4.31. The molecule has 3 rings (SSSR count). The van der Waals surface area contributed by atoms with Crippen LogP contribution in [0.15, 0.2) is 36.7 Å². The summed E-state index contributed by atoms with van der Waals surface area (Å²) in [5.74, 6) is -0.483. The first-order valence-electron chi connectivity index (χ1n) is 9.66. The second-order valence-electron chi connectivity index (χ2n) is 8.63. The van der Waals surface area contributed by atoms with Crippen LogP contribution in [0, 0.1) is 11.7 Å². The quantitative estimate of drug-likeness (QED) is 0.775. The zero-order valence-corrected chi connectivity index (χ0v) is 17.2. The van der Waals surface area contributed by atoms with Crippen molar-refractivity contribution in [1.82, 2.24) is 20.4 Å². The van der Waals surface area contributed by atoms with Crippen molar-refractivity contribution in [3.05, 3.63) is 48.0 Å². The van der Waals surface area contributed by atoms with Gasteiger partial charge in [-0.25, -0.2) is 13.9 Å². The molecule has 0 bridgehead atoms. The Morgan fingerprint density at radius 3 is 2.55 bits per heavy atom. The van der Waals surface area contributed by atoms with Crippen LogP contribution in [0.1, 0.15) is 50.9 Å². The highest BCUT2D eigenvalue weighted by Gasteiger charge is 2.43. The van der Waals surface area contributed by atoms with Crippen LogP contribution >= 0.6 is 0 Å². The van der Waals surface area contributed by atoms with Crippen LogP contribution in [0.2, 0.25) is 0 Å². The Kier molecular flexibility index (Phi) is 5.64. The first kappa shape index (κ1) is 20.8. The molecule has 1 unspecified atom stereocenters. The first-order valence-corrected chi connectivity index (χ1v) is 9.66. The summed E-state index contributed by atoms with van der Waals surface area (Å²) in [6, 6.07) is 6.22. The van der Waals surface area contributed by atoms with Crippen LogP contribution in [-0.4, -0.2) is 39.5 Å². The third-order valence-corrected chi connectivity index (χ3v) is 4.82. The lowest BCUT2D eigenvalue weighted by molar-refractivity contribution is 0.0502. The summed E-state index contributed by atoms with van der Waals surface area (Å²) in [7, 11) is 0. The van der Waals surface area contributed by atoms with Crippen LogP contribution in [0.3, 0.4) is 0 Å². The number of aromatic nitrogens is 2. The average Bonchev–Trinajstić information content (AvgIpc) is 3.37. The number of amides is 2. The van der Waals surface area contributed by atoms with Gasteiger partial charge in [0, 0.05) is 12.7 Å². The Hall–Kier alpha value is -2.90. The van der Waals surface area contributed by atoms with Crippen molar-refractivity contribution in [2.24, 2.45) is 5.92 Å². The fraction of sp³-hybridized carbons (Fsp3) is 0.476. The molecule has 1 aliphatic carbocycles. The molecule has 156 valence electrons. The Bertz CT molecular complexity index is 901. The van der Waals surface area contributed by atoms with Gasteiger partial charge >= 0.3 is 6.09 Å². The highest BCUT2D eigenvalue weighted by atomic mass is 19.1. The van der Waals surface area contributed by atoms with E-state index in [2.05, 4.69) is 15.7 Å². The van der Waals surface area contributed by atoms with Gasteiger partial charge < -0.3 is 15.4 Å². The number of hydrogen-bond acceptors (Lipinski definition) is 4. The molecule has 1 saturated carbocycles. The van der Waals surface area contributed by atoms with Crippen molar-refractivity contribution in [2.75, 3.05) is 6.54 Å². The maximum absolute atomic E-state index is 14.0. The zero-order valence-electron chi connectivity index (χ0n) is 17.2. The van der Waals surface area contributed by atoms with Crippen molar-refractivity contribution in [1.29, 1.82) is 0 Å². The minimum Gasteiger partial charge on any atom is -0.444 e. The molecule has 2 aromatic rings. The van der Waals surface area contributed by atoms with E-state index in [-0.39, 0.29) is 24.1 Å². The number of nitrogens with one attached hydrogen (secondary N) is 2. The molecule has 1 aliphatic rings. The molecule has 1 heterocycles. The molecule has 0 radical (unpaired) electrons. The normalized spacial score (nSPS) is 16.0. The van der Waals surface area contributed by atoms with E-state index in [9.17, 15) is 14.0 Å². The molecule has 29 heavy (non-hydrogen) atoms. The highest BCUT2D eigenvalue weighted by Crippen LogP contribution is 2.39. The van der Waals surface area contributed by atoms with Crippen LogP contribution in [-0.2, 0) is 4.74 Å². The summed E-state index contributed by atoms with van der Waals surface area (Å²) in [6.45, 7) is 7.53. The van der Waals surface area contributed by atoms with E-state index in [0.29, 0.717) is 5.56 Å². The molecule has 1 atom stereocenters. The van der Waals surface area contributed by atoms with Gasteiger partial charge in [0.1, 0.15) is 17.1 Å². The van der Waals surface area contributed by atoms with Gasteiger partial charge in [-0.1, -0.05) is 12.1 Å². The number of carbonyl (C=O) groups excluding carboxylic acids is 2. The van der Waals surface area contributed by atoms with Crippen molar-refractivity contribution in [3.63, 3.8) is 0 Å². The number of nitrogens with zero attached hydrogens (tertiary/aromatic N) is 2. The van der Waals surface area contributed by atoms with Crippen molar-refractivity contribution in [3.8, 4) is 5.69 Å². The monoisotopic (exact) mass is 402 g/mol. The minimum atomic E-state index is -0.617. The molecule has 1 aromatic heterocycles. The number of hydrogen-bond donors (Lipinski definition) is 2. The molecular weight excluding hydrogens is 375 g/mol. The van der Waals surface area contributed by atoms with E-state index in [4.69, 9.17) is 4.74 Å². The third kappa shape index (κ3) is 5.34. The lowest BCUT2D eigenvalue weighted by atomic mass is 9.95. The van der Waals surface area contributed by atoms with E-state index in [1.54, 1.807) is 39.0 Å². The van der Waals surface area contributed by atoms with Crippen molar-refractivity contribution in [2.45, 2.75) is 51.7 Å². The molecule has 2 N–H and O–H groups in total. The van der Waals surface area contributed by atoms with E-state index < -0.39 is 23.1 Å². The molecule has 7 nitrogen and oxygen atoms in total. The predicted octanol–water partition coefficient (Wildman–Crippen LogP) is 3.43. The molecular formula is C21H27FN4O3. The zero-order chi connectivity index (χ0) is 21.2. The number of para-hydroxylation sites is 1. The van der Waals surface area contributed by atoms with Crippen LogP contribution < -0.4 is 10.6 Å². The lowest BCUT2D eigenvalue weighted by Gasteiger charge is -2.31. The van der Waals surface area contributed by atoms with Crippen molar-refractivity contribution < 1.29 is 18.7 Å². The van der Waals surface area contributed by atoms with Crippen LogP contribution in [0.25, 0.3) is 5.69 Å². The first-order chi connectivity index (χ1) is 13.6. The lowest BCUT2D eigenvalue weighted by Crippen LogP contribution is -2.55. The van der Waals surface area contributed by atoms with Gasteiger partial charge in [0.25, 0.3) is 5.91 Å².